The Morgan fingerprint density at radius 2 is 1.95 bits per heavy atom. The molecule has 0 unspecified atom stereocenters. The average molecular weight is 296 g/mol. The molecule has 2 amide bonds. The summed E-state index contributed by atoms with van der Waals surface area (Å²) in [6, 6.07) is 13.6. The van der Waals surface area contributed by atoms with Gasteiger partial charge in [0.05, 0.1) is 6.04 Å². The van der Waals surface area contributed by atoms with Crippen LogP contribution >= 0.6 is 0 Å². The molecule has 1 atom stereocenters. The highest BCUT2D eigenvalue weighted by Crippen LogP contribution is 2.24. The van der Waals surface area contributed by atoms with Crippen LogP contribution in [0.2, 0.25) is 0 Å². The molecular weight excluding hydrogens is 276 g/mol. The van der Waals surface area contributed by atoms with Crippen molar-refractivity contribution in [1.29, 1.82) is 0 Å². The predicted molar refractivity (Wildman–Crippen MR) is 87.5 cm³/mol. The van der Waals surface area contributed by atoms with Crippen molar-refractivity contribution < 1.29 is 9.53 Å². The molecule has 1 aliphatic rings. The van der Waals surface area contributed by atoms with Crippen LogP contribution in [0.25, 0.3) is 0 Å². The Morgan fingerprint density at radius 1 is 1.14 bits per heavy atom. The van der Waals surface area contributed by atoms with Crippen LogP contribution in [0.3, 0.4) is 0 Å². The van der Waals surface area contributed by atoms with Gasteiger partial charge in [0.25, 0.3) is 0 Å². The van der Waals surface area contributed by atoms with E-state index in [-0.39, 0.29) is 12.1 Å². The van der Waals surface area contributed by atoms with Crippen LogP contribution < -0.4 is 15.4 Å². The lowest BCUT2D eigenvalue weighted by Gasteiger charge is -2.26. The van der Waals surface area contributed by atoms with E-state index in [1.165, 1.54) is 0 Å². The number of hydrogen-bond donors (Lipinski definition) is 2. The van der Waals surface area contributed by atoms with Gasteiger partial charge in [0.15, 0.2) is 0 Å². The second-order valence-electron chi connectivity index (χ2n) is 5.67. The Balaban J connectivity index is 1.62. The highest BCUT2D eigenvalue weighted by molar-refractivity contribution is 5.90. The van der Waals surface area contributed by atoms with Crippen LogP contribution in [-0.2, 0) is 6.42 Å². The summed E-state index contributed by atoms with van der Waals surface area (Å²) in [5, 5.41) is 5.90. The number of para-hydroxylation sites is 1. The van der Waals surface area contributed by atoms with Crippen molar-refractivity contribution in [1.82, 2.24) is 5.32 Å². The molecule has 0 spiro atoms. The first-order valence-corrected chi connectivity index (χ1v) is 7.48. The molecule has 4 heteroatoms. The monoisotopic (exact) mass is 296 g/mol. The number of fused-ring (bicyclic) bond motifs is 1. The van der Waals surface area contributed by atoms with E-state index in [4.69, 9.17) is 4.74 Å². The van der Waals surface area contributed by atoms with Gasteiger partial charge in [0.2, 0.25) is 0 Å². The maximum absolute atomic E-state index is 12.2. The van der Waals surface area contributed by atoms with E-state index < -0.39 is 0 Å². The summed E-state index contributed by atoms with van der Waals surface area (Å²) >= 11 is 0. The van der Waals surface area contributed by atoms with Gasteiger partial charge in [-0.1, -0.05) is 30.3 Å². The normalized spacial score (nSPS) is 16.4. The summed E-state index contributed by atoms with van der Waals surface area (Å²) in [6.07, 6.45) is 0.788. The first-order chi connectivity index (χ1) is 10.6. The zero-order valence-electron chi connectivity index (χ0n) is 12.8. The maximum Gasteiger partial charge on any atom is 0.319 e. The molecule has 0 aromatic heterocycles. The van der Waals surface area contributed by atoms with Crippen molar-refractivity contribution in [3.8, 4) is 5.75 Å². The zero-order chi connectivity index (χ0) is 15.5. The molecule has 0 saturated heterocycles. The van der Waals surface area contributed by atoms with E-state index in [2.05, 4.69) is 10.6 Å². The van der Waals surface area contributed by atoms with Crippen molar-refractivity contribution in [3.05, 3.63) is 59.2 Å². The highest BCUT2D eigenvalue weighted by Gasteiger charge is 2.21. The van der Waals surface area contributed by atoms with Gasteiger partial charge in [-0.3, -0.25) is 0 Å². The number of carbonyl (C=O) groups is 1. The summed E-state index contributed by atoms with van der Waals surface area (Å²) in [6.45, 7) is 4.53. The van der Waals surface area contributed by atoms with E-state index in [9.17, 15) is 4.79 Å². The lowest BCUT2D eigenvalue weighted by Crippen LogP contribution is -2.44. The van der Waals surface area contributed by atoms with Crippen molar-refractivity contribution >= 4 is 11.7 Å². The van der Waals surface area contributed by atoms with Gasteiger partial charge in [0, 0.05) is 5.69 Å². The lowest BCUT2D eigenvalue weighted by atomic mass is 10.0. The van der Waals surface area contributed by atoms with E-state index in [1.54, 1.807) is 0 Å². The number of amides is 2. The Morgan fingerprint density at radius 3 is 2.82 bits per heavy atom. The van der Waals surface area contributed by atoms with Crippen LogP contribution in [0.4, 0.5) is 10.5 Å². The second kappa shape index (κ2) is 6.10. The summed E-state index contributed by atoms with van der Waals surface area (Å²) in [5.74, 6) is 0.912. The molecule has 1 aliphatic heterocycles. The molecule has 4 nitrogen and oxygen atoms in total. The third kappa shape index (κ3) is 3.06. The summed E-state index contributed by atoms with van der Waals surface area (Å²) in [5.41, 5.74) is 4.22. The molecule has 3 rings (SSSR count). The topological polar surface area (TPSA) is 50.4 Å². The molecule has 0 saturated carbocycles. The van der Waals surface area contributed by atoms with E-state index in [0.29, 0.717) is 6.61 Å². The molecule has 2 aromatic carbocycles. The third-order valence-corrected chi connectivity index (χ3v) is 4.07. The molecule has 22 heavy (non-hydrogen) atoms. The maximum atomic E-state index is 12.2. The zero-order valence-corrected chi connectivity index (χ0v) is 12.8. The van der Waals surface area contributed by atoms with E-state index in [0.717, 1.165) is 34.5 Å². The van der Waals surface area contributed by atoms with Crippen molar-refractivity contribution in [2.45, 2.75) is 26.3 Å². The van der Waals surface area contributed by atoms with Crippen LogP contribution in [0.15, 0.2) is 42.5 Å². The Hall–Kier alpha value is -2.49. The van der Waals surface area contributed by atoms with Gasteiger partial charge < -0.3 is 15.4 Å². The Bertz CT molecular complexity index is 697. The van der Waals surface area contributed by atoms with Crippen LogP contribution in [0.1, 0.15) is 16.7 Å². The molecule has 2 aromatic rings. The van der Waals surface area contributed by atoms with Crippen molar-refractivity contribution in [2.75, 3.05) is 11.9 Å². The van der Waals surface area contributed by atoms with Gasteiger partial charge in [0.1, 0.15) is 12.4 Å². The third-order valence-electron chi connectivity index (χ3n) is 4.07. The van der Waals surface area contributed by atoms with Gasteiger partial charge in [-0.05, 0) is 49.1 Å². The highest BCUT2D eigenvalue weighted by atomic mass is 16.5. The minimum atomic E-state index is -0.193. The number of anilines is 1. The van der Waals surface area contributed by atoms with Gasteiger partial charge in [-0.25, -0.2) is 4.79 Å². The smallest absolute Gasteiger partial charge is 0.319 e. The molecule has 0 aliphatic carbocycles. The molecule has 0 radical (unpaired) electrons. The fourth-order valence-corrected chi connectivity index (χ4v) is 2.65. The first kappa shape index (κ1) is 14.4. The van der Waals surface area contributed by atoms with Gasteiger partial charge in [-0.15, -0.1) is 0 Å². The summed E-state index contributed by atoms with van der Waals surface area (Å²) in [7, 11) is 0. The van der Waals surface area contributed by atoms with Gasteiger partial charge >= 0.3 is 6.03 Å². The molecular formula is C18H20N2O2. The minimum absolute atomic E-state index is 0.0139. The molecule has 114 valence electrons. The largest absolute Gasteiger partial charge is 0.491 e. The van der Waals surface area contributed by atoms with Crippen LogP contribution in [0, 0.1) is 13.8 Å². The molecule has 0 fully saturated rings. The lowest BCUT2D eigenvalue weighted by molar-refractivity contribution is 0.222. The number of benzene rings is 2. The number of rotatable bonds is 2. The average Bonchev–Trinajstić information content (AvgIpc) is 2.52. The Kier molecular flexibility index (Phi) is 4.00. The van der Waals surface area contributed by atoms with Crippen LogP contribution in [0.5, 0.6) is 5.75 Å². The predicted octanol–water partition coefficient (Wildman–Crippen LogP) is 3.43. The molecule has 0 bridgehead atoms. The SMILES string of the molecule is Cc1cccc(NC(=O)N[C@H]2COc3ccccc3C2)c1C. The number of carbonyl (C=O) groups excluding carboxylic acids is 1. The quantitative estimate of drug-likeness (QED) is 0.892. The summed E-state index contributed by atoms with van der Waals surface area (Å²) < 4.78 is 5.69. The van der Waals surface area contributed by atoms with Crippen molar-refractivity contribution in [2.24, 2.45) is 0 Å². The number of ether oxygens (including phenoxy) is 1. The van der Waals surface area contributed by atoms with E-state index in [1.807, 2.05) is 56.3 Å². The number of nitrogens with one attached hydrogen (secondary N) is 2. The Labute approximate surface area is 130 Å². The van der Waals surface area contributed by atoms with Crippen molar-refractivity contribution in [3.63, 3.8) is 0 Å². The van der Waals surface area contributed by atoms with Crippen LogP contribution in [-0.4, -0.2) is 18.7 Å². The standard InChI is InChI=1S/C18H20N2O2/c1-12-6-5-8-16(13(12)2)20-18(21)19-15-10-14-7-3-4-9-17(14)22-11-15/h3-9,15H,10-11H2,1-2H3,(H2,19,20,21)/t15-/m1/s1. The minimum Gasteiger partial charge on any atom is -0.491 e. The molecule has 2 N–H and O–H groups in total. The van der Waals surface area contributed by atoms with Gasteiger partial charge in [-0.2, -0.15) is 0 Å². The first-order valence-electron chi connectivity index (χ1n) is 7.48. The van der Waals surface area contributed by atoms with E-state index >= 15 is 0 Å². The second-order valence-corrected chi connectivity index (χ2v) is 5.67. The summed E-state index contributed by atoms with van der Waals surface area (Å²) in [4.78, 5) is 12.2. The number of aryl methyl sites for hydroxylation is 1. The fourth-order valence-electron chi connectivity index (χ4n) is 2.65. The number of urea groups is 1. The number of hydrogen-bond acceptors (Lipinski definition) is 2. The molecule has 1 heterocycles. The fraction of sp³-hybridized carbons (Fsp3) is 0.278.